The molecule has 0 aliphatic carbocycles. The first kappa shape index (κ1) is 13.8. The zero-order valence-corrected chi connectivity index (χ0v) is 12.7. The van der Waals surface area contributed by atoms with E-state index in [0.717, 1.165) is 41.9 Å². The highest BCUT2D eigenvalue weighted by Gasteiger charge is 2.33. The van der Waals surface area contributed by atoms with Gasteiger partial charge in [-0.3, -0.25) is 14.5 Å². The lowest BCUT2D eigenvalue weighted by Gasteiger charge is -2.25. The van der Waals surface area contributed by atoms with Crippen molar-refractivity contribution in [3.8, 4) is 0 Å². The third kappa shape index (κ3) is 2.33. The van der Waals surface area contributed by atoms with Crippen LogP contribution in [0.15, 0.2) is 24.5 Å². The van der Waals surface area contributed by atoms with E-state index in [-0.39, 0.29) is 11.9 Å². The summed E-state index contributed by atoms with van der Waals surface area (Å²) >= 11 is 0. The average Bonchev–Trinajstić information content (AvgIpc) is 3.05. The lowest BCUT2D eigenvalue weighted by atomic mass is 10.1. The Kier molecular flexibility index (Phi) is 3.49. The zero-order chi connectivity index (χ0) is 15.0. The number of nitrogens with zero attached hydrogens (tertiary/aromatic N) is 4. The largest absolute Gasteiger partial charge is 0.331 e. The van der Waals surface area contributed by atoms with E-state index < -0.39 is 0 Å². The minimum absolute atomic E-state index is 0.0875. The van der Waals surface area contributed by atoms with Gasteiger partial charge in [-0.15, -0.1) is 0 Å². The summed E-state index contributed by atoms with van der Waals surface area (Å²) in [5.74, 6) is 0.0875. The molecule has 0 radical (unpaired) electrons. The molecular weight excluding hydrogens is 264 g/mol. The Morgan fingerprint density at radius 3 is 2.81 bits per heavy atom. The van der Waals surface area contributed by atoms with Crippen molar-refractivity contribution < 1.29 is 4.79 Å². The van der Waals surface area contributed by atoms with Crippen LogP contribution < -0.4 is 0 Å². The van der Waals surface area contributed by atoms with Gasteiger partial charge >= 0.3 is 0 Å². The molecule has 2 aromatic rings. The number of likely N-dealkylation sites (tertiary alicyclic amines) is 1. The van der Waals surface area contributed by atoms with Crippen molar-refractivity contribution in [3.63, 3.8) is 0 Å². The maximum Gasteiger partial charge on any atom is 0.258 e. The maximum absolute atomic E-state index is 12.9. The summed E-state index contributed by atoms with van der Waals surface area (Å²) in [5.41, 5.74) is 3.59. The molecule has 2 aromatic heterocycles. The SMILES string of the molecule is Cc1nn(C)c(C)c1C(=O)N1CCCC1c1cccnc1. The van der Waals surface area contributed by atoms with Crippen molar-refractivity contribution in [2.24, 2.45) is 7.05 Å². The maximum atomic E-state index is 12.9. The van der Waals surface area contributed by atoms with Crippen molar-refractivity contribution in [2.45, 2.75) is 32.7 Å². The Morgan fingerprint density at radius 2 is 2.19 bits per heavy atom. The molecule has 110 valence electrons. The first-order valence-electron chi connectivity index (χ1n) is 7.30. The lowest BCUT2D eigenvalue weighted by molar-refractivity contribution is 0.0734. The minimum Gasteiger partial charge on any atom is -0.331 e. The molecule has 1 amide bonds. The number of hydrogen-bond acceptors (Lipinski definition) is 3. The quantitative estimate of drug-likeness (QED) is 0.851. The fourth-order valence-electron chi connectivity index (χ4n) is 3.16. The summed E-state index contributed by atoms with van der Waals surface area (Å²) in [6.45, 7) is 4.64. The molecule has 1 fully saturated rings. The number of carbonyl (C=O) groups is 1. The molecule has 0 N–H and O–H groups in total. The highest BCUT2D eigenvalue weighted by atomic mass is 16.2. The van der Waals surface area contributed by atoms with Crippen LogP contribution in [-0.2, 0) is 7.05 Å². The summed E-state index contributed by atoms with van der Waals surface area (Å²) in [4.78, 5) is 19.1. The van der Waals surface area contributed by atoms with E-state index in [1.807, 2.05) is 44.1 Å². The van der Waals surface area contributed by atoms with Crippen LogP contribution in [0.5, 0.6) is 0 Å². The van der Waals surface area contributed by atoms with Gasteiger partial charge in [0.15, 0.2) is 0 Å². The third-order valence-electron chi connectivity index (χ3n) is 4.31. The molecule has 1 atom stereocenters. The molecule has 1 saturated heterocycles. The van der Waals surface area contributed by atoms with Crippen molar-refractivity contribution in [1.29, 1.82) is 0 Å². The first-order chi connectivity index (χ1) is 10.1. The normalized spacial score (nSPS) is 18.2. The second-order valence-corrected chi connectivity index (χ2v) is 5.61. The van der Waals surface area contributed by atoms with Crippen LogP contribution in [0.1, 0.15) is 46.2 Å². The van der Waals surface area contributed by atoms with Gasteiger partial charge in [0.05, 0.1) is 17.3 Å². The fraction of sp³-hybridized carbons (Fsp3) is 0.438. The highest BCUT2D eigenvalue weighted by Crippen LogP contribution is 2.33. The van der Waals surface area contributed by atoms with Gasteiger partial charge in [0.2, 0.25) is 0 Å². The fourth-order valence-corrected chi connectivity index (χ4v) is 3.16. The molecule has 5 nitrogen and oxygen atoms in total. The van der Waals surface area contributed by atoms with Gasteiger partial charge in [0.25, 0.3) is 5.91 Å². The number of aromatic nitrogens is 3. The van der Waals surface area contributed by atoms with Gasteiger partial charge < -0.3 is 4.90 Å². The van der Waals surface area contributed by atoms with Crippen LogP contribution in [0.3, 0.4) is 0 Å². The molecule has 0 aromatic carbocycles. The molecule has 5 heteroatoms. The molecule has 21 heavy (non-hydrogen) atoms. The predicted octanol–water partition coefficient (Wildman–Crippen LogP) is 2.41. The average molecular weight is 284 g/mol. The van der Waals surface area contributed by atoms with Crippen LogP contribution in [-0.4, -0.2) is 32.1 Å². The van der Waals surface area contributed by atoms with Gasteiger partial charge in [-0.2, -0.15) is 5.10 Å². The van der Waals surface area contributed by atoms with Gasteiger partial charge in [-0.05, 0) is 38.3 Å². The monoisotopic (exact) mass is 284 g/mol. The van der Waals surface area contributed by atoms with Gasteiger partial charge in [-0.1, -0.05) is 6.07 Å². The lowest BCUT2D eigenvalue weighted by Crippen LogP contribution is -2.31. The second kappa shape index (κ2) is 5.31. The number of amides is 1. The Labute approximate surface area is 124 Å². The Hall–Kier alpha value is -2.17. The van der Waals surface area contributed by atoms with E-state index in [1.54, 1.807) is 10.9 Å². The van der Waals surface area contributed by atoms with Crippen LogP contribution in [0.2, 0.25) is 0 Å². The minimum atomic E-state index is 0.0875. The van der Waals surface area contributed by atoms with Crippen molar-refractivity contribution in [3.05, 3.63) is 47.0 Å². The number of hydrogen-bond donors (Lipinski definition) is 0. The molecule has 0 saturated carbocycles. The van der Waals surface area contributed by atoms with E-state index in [9.17, 15) is 4.79 Å². The van der Waals surface area contributed by atoms with Gasteiger partial charge in [-0.25, -0.2) is 0 Å². The molecule has 3 heterocycles. The summed E-state index contributed by atoms with van der Waals surface area (Å²) in [6, 6.07) is 4.11. The van der Waals surface area contributed by atoms with Crippen LogP contribution in [0, 0.1) is 13.8 Å². The number of carbonyl (C=O) groups excluding carboxylic acids is 1. The number of rotatable bonds is 2. The smallest absolute Gasteiger partial charge is 0.258 e. The van der Waals surface area contributed by atoms with Crippen LogP contribution in [0.25, 0.3) is 0 Å². The van der Waals surface area contributed by atoms with E-state index in [4.69, 9.17) is 0 Å². The Balaban J connectivity index is 1.94. The van der Waals surface area contributed by atoms with E-state index in [1.165, 1.54) is 0 Å². The van der Waals surface area contributed by atoms with E-state index in [0.29, 0.717) is 0 Å². The van der Waals surface area contributed by atoms with Gasteiger partial charge in [0, 0.05) is 31.7 Å². The van der Waals surface area contributed by atoms with Crippen molar-refractivity contribution >= 4 is 5.91 Å². The van der Waals surface area contributed by atoms with Crippen LogP contribution >= 0.6 is 0 Å². The Morgan fingerprint density at radius 1 is 1.38 bits per heavy atom. The second-order valence-electron chi connectivity index (χ2n) is 5.61. The van der Waals surface area contributed by atoms with Crippen LogP contribution in [0.4, 0.5) is 0 Å². The standard InChI is InChI=1S/C16H20N4O/c1-11-15(12(2)19(3)18-11)16(21)20-9-5-7-14(20)13-6-4-8-17-10-13/h4,6,8,10,14H,5,7,9H2,1-3H3. The molecular formula is C16H20N4O. The van der Waals surface area contributed by atoms with E-state index >= 15 is 0 Å². The molecule has 1 aliphatic rings. The summed E-state index contributed by atoms with van der Waals surface area (Å²) in [6.07, 6.45) is 5.65. The molecule has 1 aliphatic heterocycles. The predicted molar refractivity (Wildman–Crippen MR) is 79.9 cm³/mol. The summed E-state index contributed by atoms with van der Waals surface area (Å²) < 4.78 is 1.78. The summed E-state index contributed by atoms with van der Waals surface area (Å²) in [7, 11) is 1.88. The van der Waals surface area contributed by atoms with E-state index in [2.05, 4.69) is 10.1 Å². The molecule has 1 unspecified atom stereocenters. The summed E-state index contributed by atoms with van der Waals surface area (Å²) in [5, 5.41) is 4.36. The van der Waals surface area contributed by atoms with Crippen molar-refractivity contribution in [2.75, 3.05) is 6.54 Å². The zero-order valence-electron chi connectivity index (χ0n) is 12.7. The third-order valence-corrected chi connectivity index (χ3v) is 4.31. The first-order valence-corrected chi connectivity index (χ1v) is 7.30. The van der Waals surface area contributed by atoms with Gasteiger partial charge in [0.1, 0.15) is 0 Å². The number of pyridine rings is 1. The van der Waals surface area contributed by atoms with Crippen molar-refractivity contribution in [1.82, 2.24) is 19.7 Å². The highest BCUT2D eigenvalue weighted by molar-refractivity contribution is 5.96. The molecule has 0 spiro atoms. The molecule has 3 rings (SSSR count). The number of aryl methyl sites for hydroxylation is 2. The Bertz CT molecular complexity index is 662. The molecule has 0 bridgehead atoms. The topological polar surface area (TPSA) is 51.0 Å².